The first-order valence-corrected chi connectivity index (χ1v) is 11.9. The molecular formula is C25H24N2O2S2. The second kappa shape index (κ2) is 9.45. The molecule has 0 radical (unpaired) electrons. The van der Waals surface area contributed by atoms with Gasteiger partial charge in [0.25, 0.3) is 0 Å². The second-order valence-electron chi connectivity index (χ2n) is 7.73. The van der Waals surface area contributed by atoms with Crippen molar-refractivity contribution in [2.75, 3.05) is 4.90 Å². The van der Waals surface area contributed by atoms with Crippen LogP contribution >= 0.6 is 22.7 Å². The molecule has 0 aliphatic carbocycles. The smallest absolute Gasteiger partial charge is 0.335 e. The van der Waals surface area contributed by atoms with Crippen LogP contribution in [0, 0.1) is 0 Å². The predicted octanol–water partition coefficient (Wildman–Crippen LogP) is 6.90. The molecule has 0 aliphatic heterocycles. The largest absolute Gasteiger partial charge is 0.478 e. The number of carbonyl (C=O) groups is 1. The van der Waals surface area contributed by atoms with E-state index in [-0.39, 0.29) is 0 Å². The fourth-order valence-electron chi connectivity index (χ4n) is 3.39. The number of hydrogen-bond acceptors (Lipinski definition) is 5. The number of nitrogens with zero attached hydrogens (tertiary/aromatic N) is 2. The SMILES string of the molecule is CC(C)c1ccc(-c2csc(N(Cc3cccc(C(=O)O)c3)Cc3cccs3)n2)cc1. The number of thiazole rings is 1. The van der Waals surface area contributed by atoms with Crippen molar-refractivity contribution in [3.05, 3.63) is 93.0 Å². The Morgan fingerprint density at radius 2 is 1.84 bits per heavy atom. The van der Waals surface area contributed by atoms with E-state index in [9.17, 15) is 9.90 Å². The van der Waals surface area contributed by atoms with E-state index < -0.39 is 5.97 Å². The molecule has 4 rings (SSSR count). The van der Waals surface area contributed by atoms with Crippen LogP contribution < -0.4 is 4.90 Å². The van der Waals surface area contributed by atoms with Crippen molar-refractivity contribution < 1.29 is 9.90 Å². The van der Waals surface area contributed by atoms with Crippen LogP contribution in [-0.2, 0) is 13.1 Å². The van der Waals surface area contributed by atoms with Crippen molar-refractivity contribution in [2.45, 2.75) is 32.9 Å². The van der Waals surface area contributed by atoms with Gasteiger partial charge in [-0.3, -0.25) is 0 Å². The standard InChI is InChI=1S/C25H24N2O2S2/c1-17(2)19-8-10-20(11-9-19)23-16-31-25(26-23)27(15-22-7-4-12-30-22)14-18-5-3-6-21(13-18)24(28)29/h3-13,16-17H,14-15H2,1-2H3,(H,28,29). The zero-order chi connectivity index (χ0) is 21.8. The third-order valence-electron chi connectivity index (χ3n) is 5.11. The quantitative estimate of drug-likeness (QED) is 0.318. The summed E-state index contributed by atoms with van der Waals surface area (Å²) in [6, 6.07) is 19.9. The van der Waals surface area contributed by atoms with Crippen molar-refractivity contribution in [1.29, 1.82) is 0 Å². The molecule has 158 valence electrons. The molecule has 0 unspecified atom stereocenters. The van der Waals surface area contributed by atoms with Crippen LogP contribution in [0.1, 0.15) is 46.1 Å². The van der Waals surface area contributed by atoms with Gasteiger partial charge in [-0.05, 0) is 40.6 Å². The summed E-state index contributed by atoms with van der Waals surface area (Å²) in [5.74, 6) is -0.407. The van der Waals surface area contributed by atoms with Gasteiger partial charge in [0.2, 0.25) is 0 Å². The minimum Gasteiger partial charge on any atom is -0.478 e. The average Bonchev–Trinajstić information content (AvgIpc) is 3.46. The molecule has 2 heterocycles. The Balaban J connectivity index is 1.61. The maximum atomic E-state index is 11.4. The molecular weight excluding hydrogens is 424 g/mol. The lowest BCUT2D eigenvalue weighted by molar-refractivity contribution is 0.0696. The summed E-state index contributed by atoms with van der Waals surface area (Å²) in [4.78, 5) is 19.7. The van der Waals surface area contributed by atoms with Gasteiger partial charge < -0.3 is 10.0 Å². The molecule has 0 bridgehead atoms. The topological polar surface area (TPSA) is 53.4 Å². The van der Waals surface area contributed by atoms with Crippen LogP contribution in [0.25, 0.3) is 11.3 Å². The molecule has 0 atom stereocenters. The summed E-state index contributed by atoms with van der Waals surface area (Å²) in [5.41, 5.74) is 4.64. The van der Waals surface area contributed by atoms with E-state index in [1.807, 2.05) is 12.1 Å². The summed E-state index contributed by atoms with van der Waals surface area (Å²) < 4.78 is 0. The highest BCUT2D eigenvalue weighted by molar-refractivity contribution is 7.14. The normalized spacial score (nSPS) is 11.1. The lowest BCUT2D eigenvalue weighted by Crippen LogP contribution is -2.21. The van der Waals surface area contributed by atoms with E-state index in [0.29, 0.717) is 18.0 Å². The lowest BCUT2D eigenvalue weighted by Gasteiger charge is -2.21. The van der Waals surface area contributed by atoms with Crippen molar-refractivity contribution in [3.8, 4) is 11.3 Å². The maximum Gasteiger partial charge on any atom is 0.335 e. The third kappa shape index (κ3) is 5.21. The minimum absolute atomic E-state index is 0.304. The Morgan fingerprint density at radius 1 is 1.03 bits per heavy atom. The highest BCUT2D eigenvalue weighted by atomic mass is 32.1. The van der Waals surface area contributed by atoms with Gasteiger partial charge in [-0.1, -0.05) is 56.3 Å². The van der Waals surface area contributed by atoms with Crippen LogP contribution in [0.3, 0.4) is 0 Å². The van der Waals surface area contributed by atoms with Crippen molar-refractivity contribution in [3.63, 3.8) is 0 Å². The summed E-state index contributed by atoms with van der Waals surface area (Å²) >= 11 is 3.33. The zero-order valence-corrected chi connectivity index (χ0v) is 19.1. The molecule has 0 amide bonds. The molecule has 0 saturated carbocycles. The van der Waals surface area contributed by atoms with E-state index in [1.165, 1.54) is 10.4 Å². The van der Waals surface area contributed by atoms with E-state index in [0.717, 1.165) is 28.5 Å². The van der Waals surface area contributed by atoms with Crippen LogP contribution in [0.5, 0.6) is 0 Å². The molecule has 0 spiro atoms. The number of aromatic nitrogens is 1. The highest BCUT2D eigenvalue weighted by Gasteiger charge is 2.15. The fraction of sp³-hybridized carbons (Fsp3) is 0.200. The number of aromatic carboxylic acids is 1. The molecule has 0 fully saturated rings. The number of rotatable bonds is 8. The first-order valence-electron chi connectivity index (χ1n) is 10.1. The summed E-state index contributed by atoms with van der Waals surface area (Å²) in [6.45, 7) is 5.71. The average molecular weight is 449 g/mol. The van der Waals surface area contributed by atoms with Crippen LogP contribution in [0.4, 0.5) is 5.13 Å². The fourth-order valence-corrected chi connectivity index (χ4v) is 4.94. The Bertz CT molecular complexity index is 1150. The van der Waals surface area contributed by atoms with Crippen LogP contribution in [0.15, 0.2) is 71.4 Å². The van der Waals surface area contributed by atoms with Gasteiger partial charge in [-0.2, -0.15) is 0 Å². The van der Waals surface area contributed by atoms with Crippen molar-refractivity contribution in [1.82, 2.24) is 4.98 Å². The van der Waals surface area contributed by atoms with Gasteiger partial charge in [-0.15, -0.1) is 22.7 Å². The molecule has 6 heteroatoms. The van der Waals surface area contributed by atoms with Crippen molar-refractivity contribution >= 4 is 33.8 Å². The van der Waals surface area contributed by atoms with Gasteiger partial charge in [0, 0.05) is 22.4 Å². The predicted molar refractivity (Wildman–Crippen MR) is 129 cm³/mol. The molecule has 2 aromatic heterocycles. The molecule has 31 heavy (non-hydrogen) atoms. The Morgan fingerprint density at radius 3 is 2.52 bits per heavy atom. The Labute approximate surface area is 190 Å². The molecule has 1 N–H and O–H groups in total. The van der Waals surface area contributed by atoms with E-state index >= 15 is 0 Å². The van der Waals surface area contributed by atoms with Gasteiger partial charge in [0.05, 0.1) is 17.8 Å². The molecule has 2 aromatic carbocycles. The van der Waals surface area contributed by atoms with Gasteiger partial charge in [0.15, 0.2) is 5.13 Å². The van der Waals surface area contributed by atoms with Crippen LogP contribution in [0.2, 0.25) is 0 Å². The summed E-state index contributed by atoms with van der Waals surface area (Å²) in [5, 5.41) is 14.4. The van der Waals surface area contributed by atoms with E-state index in [4.69, 9.17) is 4.98 Å². The van der Waals surface area contributed by atoms with E-state index in [2.05, 4.69) is 59.8 Å². The van der Waals surface area contributed by atoms with Crippen LogP contribution in [-0.4, -0.2) is 16.1 Å². The number of carboxylic acids is 1. The second-order valence-corrected chi connectivity index (χ2v) is 9.60. The minimum atomic E-state index is -0.909. The highest BCUT2D eigenvalue weighted by Crippen LogP contribution is 2.31. The third-order valence-corrected chi connectivity index (χ3v) is 6.87. The number of benzene rings is 2. The number of anilines is 1. The van der Waals surface area contributed by atoms with Gasteiger partial charge in [-0.25, -0.2) is 9.78 Å². The zero-order valence-electron chi connectivity index (χ0n) is 17.5. The summed E-state index contributed by atoms with van der Waals surface area (Å²) in [6.07, 6.45) is 0. The van der Waals surface area contributed by atoms with Crippen molar-refractivity contribution in [2.24, 2.45) is 0 Å². The summed E-state index contributed by atoms with van der Waals surface area (Å²) in [7, 11) is 0. The number of carboxylic acid groups (broad SMARTS) is 1. The first kappa shape index (κ1) is 21.3. The number of thiophene rings is 1. The molecule has 0 aliphatic rings. The van der Waals surface area contributed by atoms with Gasteiger partial charge >= 0.3 is 5.97 Å². The Kier molecular flexibility index (Phi) is 6.49. The Hall–Kier alpha value is -2.96. The monoisotopic (exact) mass is 448 g/mol. The first-order chi connectivity index (χ1) is 15.0. The molecule has 0 saturated heterocycles. The molecule has 4 aromatic rings. The van der Waals surface area contributed by atoms with Gasteiger partial charge in [0.1, 0.15) is 0 Å². The molecule has 4 nitrogen and oxygen atoms in total. The number of hydrogen-bond donors (Lipinski definition) is 1. The maximum absolute atomic E-state index is 11.4. The van der Waals surface area contributed by atoms with E-state index in [1.54, 1.807) is 40.9 Å². The lowest BCUT2D eigenvalue weighted by atomic mass is 10.0.